The van der Waals surface area contributed by atoms with Crippen molar-refractivity contribution in [2.75, 3.05) is 31.2 Å². The molecular formula is C16H19FN4O4S. The van der Waals surface area contributed by atoms with Crippen molar-refractivity contribution in [3.8, 4) is 0 Å². The predicted molar refractivity (Wildman–Crippen MR) is 94.8 cm³/mol. The molecule has 0 atom stereocenters. The summed E-state index contributed by atoms with van der Waals surface area (Å²) >= 11 is 0. The van der Waals surface area contributed by atoms with Crippen molar-refractivity contribution in [1.29, 1.82) is 0 Å². The number of azo groups is 1. The fourth-order valence-corrected chi connectivity index (χ4v) is 2.71. The highest BCUT2D eigenvalue weighted by Gasteiger charge is 2.10. The minimum Gasteiger partial charge on any atom is -0.395 e. The van der Waals surface area contributed by atoms with Gasteiger partial charge in [0.05, 0.1) is 23.8 Å². The summed E-state index contributed by atoms with van der Waals surface area (Å²) in [6.07, 6.45) is 0. The highest BCUT2D eigenvalue weighted by atomic mass is 32.2. The maximum absolute atomic E-state index is 14.2. The molecule has 140 valence electrons. The Morgan fingerprint density at radius 1 is 1.00 bits per heavy atom. The Morgan fingerprint density at radius 2 is 1.62 bits per heavy atom. The molecular weight excluding hydrogens is 363 g/mol. The van der Waals surface area contributed by atoms with Crippen molar-refractivity contribution in [3.05, 3.63) is 48.3 Å². The quantitative estimate of drug-likeness (QED) is 0.598. The summed E-state index contributed by atoms with van der Waals surface area (Å²) in [6, 6.07) is 9.64. The predicted octanol–water partition coefficient (Wildman–Crippen LogP) is 1.68. The van der Waals surface area contributed by atoms with Gasteiger partial charge in [0.1, 0.15) is 5.69 Å². The molecule has 0 heterocycles. The van der Waals surface area contributed by atoms with Crippen molar-refractivity contribution in [2.24, 2.45) is 15.4 Å². The smallest absolute Gasteiger partial charge is 0.238 e. The van der Waals surface area contributed by atoms with E-state index in [1.807, 2.05) is 0 Å². The first-order chi connectivity index (χ1) is 12.3. The van der Waals surface area contributed by atoms with Crippen LogP contribution in [0.5, 0.6) is 0 Å². The van der Waals surface area contributed by atoms with Gasteiger partial charge in [0, 0.05) is 18.8 Å². The van der Waals surface area contributed by atoms with Gasteiger partial charge in [0.25, 0.3) is 0 Å². The van der Waals surface area contributed by atoms with Crippen LogP contribution in [0.2, 0.25) is 0 Å². The molecule has 10 heteroatoms. The number of aliphatic hydroxyl groups is 2. The first kappa shape index (κ1) is 19.9. The van der Waals surface area contributed by atoms with Crippen LogP contribution in [0.4, 0.5) is 21.5 Å². The summed E-state index contributed by atoms with van der Waals surface area (Å²) in [7, 11) is -3.79. The number of aliphatic hydroxyl groups excluding tert-OH is 2. The van der Waals surface area contributed by atoms with Gasteiger partial charge in [-0.05, 0) is 42.5 Å². The highest BCUT2D eigenvalue weighted by Crippen LogP contribution is 2.26. The van der Waals surface area contributed by atoms with Gasteiger partial charge < -0.3 is 15.1 Å². The molecule has 0 saturated heterocycles. The topological polar surface area (TPSA) is 129 Å². The van der Waals surface area contributed by atoms with E-state index in [0.29, 0.717) is 11.4 Å². The molecule has 0 saturated carbocycles. The van der Waals surface area contributed by atoms with Crippen molar-refractivity contribution >= 4 is 27.1 Å². The number of halogens is 1. The SMILES string of the molecule is NS(=O)(=O)c1ccc(N=Nc2ccc(N(CCO)CCO)cc2F)cc1. The first-order valence-corrected chi connectivity index (χ1v) is 9.20. The largest absolute Gasteiger partial charge is 0.395 e. The average molecular weight is 382 g/mol. The Labute approximate surface area is 150 Å². The van der Waals surface area contributed by atoms with E-state index in [9.17, 15) is 12.8 Å². The van der Waals surface area contributed by atoms with Gasteiger partial charge in [-0.15, -0.1) is 5.11 Å². The van der Waals surface area contributed by atoms with E-state index in [1.165, 1.54) is 36.4 Å². The highest BCUT2D eigenvalue weighted by molar-refractivity contribution is 7.89. The van der Waals surface area contributed by atoms with Gasteiger partial charge >= 0.3 is 0 Å². The van der Waals surface area contributed by atoms with Gasteiger partial charge in [-0.3, -0.25) is 0 Å². The summed E-state index contributed by atoms with van der Waals surface area (Å²) in [5, 5.41) is 30.7. The van der Waals surface area contributed by atoms with Crippen LogP contribution in [0.15, 0.2) is 57.6 Å². The third kappa shape index (κ3) is 5.30. The number of primary sulfonamides is 1. The van der Waals surface area contributed by atoms with E-state index < -0.39 is 15.8 Å². The molecule has 0 radical (unpaired) electrons. The van der Waals surface area contributed by atoms with Gasteiger partial charge in [-0.25, -0.2) is 17.9 Å². The molecule has 2 aromatic carbocycles. The molecule has 4 N–H and O–H groups in total. The first-order valence-electron chi connectivity index (χ1n) is 7.66. The number of nitrogens with two attached hydrogens (primary N) is 1. The van der Waals surface area contributed by atoms with E-state index in [1.54, 1.807) is 11.0 Å². The number of hydrogen-bond donors (Lipinski definition) is 3. The summed E-state index contributed by atoms with van der Waals surface area (Å²) in [5.41, 5.74) is 0.835. The van der Waals surface area contributed by atoms with E-state index in [4.69, 9.17) is 15.4 Å². The van der Waals surface area contributed by atoms with Crippen molar-refractivity contribution < 1.29 is 23.0 Å². The van der Waals surface area contributed by atoms with Crippen molar-refractivity contribution in [2.45, 2.75) is 4.90 Å². The maximum atomic E-state index is 14.2. The van der Waals surface area contributed by atoms with E-state index in [0.717, 1.165) is 0 Å². The maximum Gasteiger partial charge on any atom is 0.238 e. The summed E-state index contributed by atoms with van der Waals surface area (Å²) in [6.45, 7) is 0.268. The lowest BCUT2D eigenvalue weighted by Crippen LogP contribution is -2.29. The van der Waals surface area contributed by atoms with Crippen LogP contribution in [-0.4, -0.2) is 44.9 Å². The molecule has 8 nitrogen and oxygen atoms in total. The monoisotopic (exact) mass is 382 g/mol. The molecule has 26 heavy (non-hydrogen) atoms. The summed E-state index contributed by atoms with van der Waals surface area (Å²) < 4.78 is 36.6. The van der Waals surface area contributed by atoms with Crippen LogP contribution in [0, 0.1) is 5.82 Å². The lowest BCUT2D eigenvalue weighted by Gasteiger charge is -2.23. The third-order valence-corrected chi connectivity index (χ3v) is 4.40. The second kappa shape index (κ2) is 8.81. The van der Waals surface area contributed by atoms with Gasteiger partial charge in [-0.2, -0.15) is 5.11 Å². The molecule has 0 unspecified atom stereocenters. The minimum atomic E-state index is -3.79. The lowest BCUT2D eigenvalue weighted by molar-refractivity contribution is 0.281. The number of rotatable bonds is 8. The molecule has 0 amide bonds. The number of anilines is 1. The number of nitrogens with zero attached hydrogens (tertiary/aromatic N) is 3. The van der Waals surface area contributed by atoms with Crippen LogP contribution in [0.25, 0.3) is 0 Å². The Morgan fingerprint density at radius 3 is 2.12 bits per heavy atom. The Balaban J connectivity index is 2.18. The Hall–Kier alpha value is -2.40. The third-order valence-electron chi connectivity index (χ3n) is 3.47. The molecule has 2 rings (SSSR count). The van der Waals surface area contributed by atoms with Crippen molar-refractivity contribution in [3.63, 3.8) is 0 Å². The second-order valence-corrected chi connectivity index (χ2v) is 6.87. The zero-order valence-corrected chi connectivity index (χ0v) is 14.6. The number of benzene rings is 2. The summed E-state index contributed by atoms with van der Waals surface area (Å²) in [5.74, 6) is -0.617. The molecule has 0 bridgehead atoms. The number of sulfonamides is 1. The van der Waals surface area contributed by atoms with Crippen LogP contribution in [-0.2, 0) is 10.0 Å². The zero-order valence-electron chi connectivity index (χ0n) is 13.8. The molecule has 0 aromatic heterocycles. The average Bonchev–Trinajstić information content (AvgIpc) is 2.60. The van der Waals surface area contributed by atoms with Crippen molar-refractivity contribution in [1.82, 2.24) is 0 Å². The van der Waals surface area contributed by atoms with Crippen LogP contribution < -0.4 is 10.0 Å². The summed E-state index contributed by atoms with van der Waals surface area (Å²) in [4.78, 5) is 1.58. The van der Waals surface area contributed by atoms with E-state index in [2.05, 4.69) is 10.2 Å². The fourth-order valence-electron chi connectivity index (χ4n) is 2.20. The minimum absolute atomic E-state index is 0.00257. The van der Waals surface area contributed by atoms with E-state index >= 15 is 0 Å². The number of hydrogen-bond acceptors (Lipinski definition) is 7. The standard InChI is InChI=1S/C16H19FN4O4S/c17-15-11-13(21(7-9-22)8-10-23)3-6-16(15)20-19-12-1-4-14(5-2-12)26(18,24)25/h1-6,11,22-23H,7-10H2,(H2,18,24,25). The Bertz CT molecular complexity index is 866. The van der Waals surface area contributed by atoms with Crippen LogP contribution in [0.3, 0.4) is 0 Å². The molecule has 0 aliphatic rings. The molecule has 0 fully saturated rings. The fraction of sp³-hybridized carbons (Fsp3) is 0.250. The second-order valence-electron chi connectivity index (χ2n) is 5.31. The molecule has 0 spiro atoms. The van der Waals surface area contributed by atoms with Crippen LogP contribution >= 0.6 is 0 Å². The van der Waals surface area contributed by atoms with Gasteiger partial charge in [0.15, 0.2) is 5.82 Å². The van der Waals surface area contributed by atoms with E-state index in [-0.39, 0.29) is 36.9 Å². The van der Waals surface area contributed by atoms with Gasteiger partial charge in [-0.1, -0.05) is 0 Å². The molecule has 0 aliphatic heterocycles. The zero-order chi connectivity index (χ0) is 19.2. The molecule has 0 aliphatic carbocycles. The lowest BCUT2D eigenvalue weighted by atomic mass is 10.2. The van der Waals surface area contributed by atoms with Gasteiger partial charge in [0.2, 0.25) is 10.0 Å². The van der Waals surface area contributed by atoms with Crippen LogP contribution in [0.1, 0.15) is 0 Å². The molecule has 2 aromatic rings. The Kier molecular flexibility index (Phi) is 6.75. The normalized spacial score (nSPS) is 11.8.